The number of nitrogens with zero attached hydrogens (tertiary/aromatic N) is 3. The fourth-order valence-corrected chi connectivity index (χ4v) is 5.21. The van der Waals surface area contributed by atoms with Gasteiger partial charge in [0, 0.05) is 55.7 Å². The summed E-state index contributed by atoms with van der Waals surface area (Å²) in [5.74, 6) is 1.40. The highest BCUT2D eigenvalue weighted by molar-refractivity contribution is 8.00. The van der Waals surface area contributed by atoms with Gasteiger partial charge in [0.25, 0.3) is 5.91 Å². The van der Waals surface area contributed by atoms with E-state index in [9.17, 15) is 9.59 Å². The van der Waals surface area contributed by atoms with Crippen LogP contribution >= 0.6 is 23.4 Å². The fraction of sp³-hybridized carbons (Fsp3) is 0.440. The molecule has 2 heterocycles. The first kappa shape index (κ1) is 23.9. The van der Waals surface area contributed by atoms with E-state index in [1.165, 1.54) is 11.8 Å². The smallest absolute Gasteiger partial charge is 0.255 e. The molecule has 2 saturated heterocycles. The Bertz CT molecular complexity index is 942. The molecular formula is C25H30ClN3O3S. The van der Waals surface area contributed by atoms with E-state index in [1.54, 1.807) is 0 Å². The number of carbonyl (C=O) groups is 2. The molecule has 0 bridgehead atoms. The number of amides is 2. The van der Waals surface area contributed by atoms with Crippen molar-refractivity contribution < 1.29 is 14.3 Å². The Kier molecular flexibility index (Phi) is 8.53. The molecule has 2 fully saturated rings. The summed E-state index contributed by atoms with van der Waals surface area (Å²) in [6.45, 7) is 6.13. The van der Waals surface area contributed by atoms with Crippen molar-refractivity contribution in [3.8, 4) is 5.75 Å². The van der Waals surface area contributed by atoms with E-state index in [-0.39, 0.29) is 11.8 Å². The lowest BCUT2D eigenvalue weighted by Crippen LogP contribution is -2.49. The van der Waals surface area contributed by atoms with Gasteiger partial charge in [0.15, 0.2) is 0 Å². The number of piperazine rings is 1. The molecule has 0 radical (unpaired) electrons. The third-order valence-corrected chi connectivity index (χ3v) is 7.39. The topological polar surface area (TPSA) is 53.1 Å². The molecule has 0 N–H and O–H groups in total. The van der Waals surface area contributed by atoms with E-state index < -0.39 is 0 Å². The van der Waals surface area contributed by atoms with Gasteiger partial charge in [0.2, 0.25) is 5.91 Å². The molecule has 0 unspecified atom stereocenters. The zero-order valence-corrected chi connectivity index (χ0v) is 20.3. The van der Waals surface area contributed by atoms with Crippen LogP contribution in [0.15, 0.2) is 53.4 Å². The Morgan fingerprint density at radius 2 is 1.58 bits per heavy atom. The maximum absolute atomic E-state index is 13.2. The minimum absolute atomic E-state index is 0.0452. The first-order valence-corrected chi connectivity index (χ1v) is 12.9. The number of rotatable bonds is 8. The molecule has 2 aromatic rings. The van der Waals surface area contributed by atoms with E-state index >= 15 is 0 Å². The molecule has 2 aliphatic heterocycles. The Morgan fingerprint density at radius 1 is 0.879 bits per heavy atom. The van der Waals surface area contributed by atoms with Crippen LogP contribution in [-0.2, 0) is 4.79 Å². The Labute approximate surface area is 204 Å². The molecule has 6 nitrogen and oxygen atoms in total. The second-order valence-corrected chi connectivity index (χ2v) is 9.76. The standard InChI is InChI=1S/C25H30ClN3O3S/c26-20-7-9-21(10-8-20)32-18-17-27-13-15-29(16-14-27)25(31)22-5-1-2-6-23(22)33-19-24(30)28-11-3-4-12-28/h1-2,5-10H,3-4,11-19H2. The summed E-state index contributed by atoms with van der Waals surface area (Å²) >= 11 is 7.38. The summed E-state index contributed by atoms with van der Waals surface area (Å²) in [5, 5.41) is 0.696. The quantitative estimate of drug-likeness (QED) is 0.529. The van der Waals surface area contributed by atoms with Gasteiger partial charge in [-0.25, -0.2) is 0 Å². The summed E-state index contributed by atoms with van der Waals surface area (Å²) in [4.78, 5) is 32.7. The van der Waals surface area contributed by atoms with Crippen molar-refractivity contribution in [3.05, 3.63) is 59.1 Å². The fourth-order valence-electron chi connectivity index (χ4n) is 4.13. The first-order chi connectivity index (χ1) is 16.1. The molecule has 176 valence electrons. The second kappa shape index (κ2) is 11.8. The van der Waals surface area contributed by atoms with Crippen molar-refractivity contribution >= 4 is 35.2 Å². The van der Waals surface area contributed by atoms with E-state index in [4.69, 9.17) is 16.3 Å². The summed E-state index contributed by atoms with van der Waals surface area (Å²) < 4.78 is 5.79. The minimum Gasteiger partial charge on any atom is -0.492 e. The van der Waals surface area contributed by atoms with Crippen molar-refractivity contribution in [2.75, 3.05) is 58.2 Å². The number of ether oxygens (including phenoxy) is 1. The maximum atomic E-state index is 13.2. The molecule has 8 heteroatoms. The number of likely N-dealkylation sites (tertiary alicyclic amines) is 1. The van der Waals surface area contributed by atoms with Crippen molar-refractivity contribution in [1.82, 2.24) is 14.7 Å². The lowest BCUT2D eigenvalue weighted by Gasteiger charge is -2.35. The van der Waals surface area contributed by atoms with Gasteiger partial charge in [0.05, 0.1) is 11.3 Å². The minimum atomic E-state index is 0.0452. The van der Waals surface area contributed by atoms with E-state index in [0.29, 0.717) is 36.0 Å². The predicted molar refractivity (Wildman–Crippen MR) is 132 cm³/mol. The number of benzene rings is 2. The van der Waals surface area contributed by atoms with Crippen LogP contribution in [0.3, 0.4) is 0 Å². The van der Waals surface area contributed by atoms with Gasteiger partial charge in [-0.05, 0) is 49.2 Å². The summed E-state index contributed by atoms with van der Waals surface area (Å²) in [5.41, 5.74) is 0.691. The van der Waals surface area contributed by atoms with Crippen LogP contribution in [0, 0.1) is 0 Å². The van der Waals surface area contributed by atoms with Crippen LogP contribution in [-0.4, -0.2) is 84.7 Å². The molecule has 0 aliphatic carbocycles. The van der Waals surface area contributed by atoms with Gasteiger partial charge >= 0.3 is 0 Å². The molecule has 2 aliphatic rings. The molecular weight excluding hydrogens is 458 g/mol. The zero-order chi connectivity index (χ0) is 23.0. The van der Waals surface area contributed by atoms with Crippen LogP contribution in [0.2, 0.25) is 5.02 Å². The van der Waals surface area contributed by atoms with Crippen LogP contribution in [0.25, 0.3) is 0 Å². The van der Waals surface area contributed by atoms with E-state index in [2.05, 4.69) is 4.90 Å². The summed E-state index contributed by atoms with van der Waals surface area (Å²) in [6, 6.07) is 15.0. The van der Waals surface area contributed by atoms with E-state index in [1.807, 2.05) is 58.3 Å². The number of thioether (sulfide) groups is 1. The monoisotopic (exact) mass is 487 g/mol. The van der Waals surface area contributed by atoms with Gasteiger partial charge < -0.3 is 14.5 Å². The van der Waals surface area contributed by atoms with Crippen LogP contribution in [0.1, 0.15) is 23.2 Å². The van der Waals surface area contributed by atoms with Crippen LogP contribution < -0.4 is 4.74 Å². The highest BCUT2D eigenvalue weighted by atomic mass is 35.5. The molecule has 4 rings (SSSR count). The Morgan fingerprint density at radius 3 is 2.30 bits per heavy atom. The van der Waals surface area contributed by atoms with Crippen molar-refractivity contribution in [2.24, 2.45) is 0 Å². The largest absolute Gasteiger partial charge is 0.492 e. The Balaban J connectivity index is 1.24. The maximum Gasteiger partial charge on any atom is 0.255 e. The number of halogens is 1. The van der Waals surface area contributed by atoms with Crippen molar-refractivity contribution in [1.29, 1.82) is 0 Å². The molecule has 0 atom stereocenters. The van der Waals surface area contributed by atoms with Gasteiger partial charge in [-0.2, -0.15) is 0 Å². The molecule has 0 saturated carbocycles. The molecule has 2 aromatic carbocycles. The normalized spacial score (nSPS) is 16.8. The summed E-state index contributed by atoms with van der Waals surface area (Å²) in [6.07, 6.45) is 2.18. The molecule has 2 amide bonds. The number of carbonyl (C=O) groups excluding carboxylic acids is 2. The molecule has 0 spiro atoms. The molecule has 0 aromatic heterocycles. The third-order valence-electron chi connectivity index (χ3n) is 6.08. The average Bonchev–Trinajstić information content (AvgIpc) is 3.39. The zero-order valence-electron chi connectivity index (χ0n) is 18.7. The first-order valence-electron chi connectivity index (χ1n) is 11.5. The lowest BCUT2D eigenvalue weighted by atomic mass is 10.2. The highest BCUT2D eigenvalue weighted by Gasteiger charge is 2.24. The number of hydrogen-bond donors (Lipinski definition) is 0. The average molecular weight is 488 g/mol. The highest BCUT2D eigenvalue weighted by Crippen LogP contribution is 2.25. The number of hydrogen-bond acceptors (Lipinski definition) is 5. The van der Waals surface area contributed by atoms with E-state index in [0.717, 1.165) is 56.2 Å². The second-order valence-electron chi connectivity index (χ2n) is 8.31. The van der Waals surface area contributed by atoms with Gasteiger partial charge in [-0.1, -0.05) is 23.7 Å². The third kappa shape index (κ3) is 6.65. The van der Waals surface area contributed by atoms with Gasteiger partial charge in [0.1, 0.15) is 12.4 Å². The lowest BCUT2D eigenvalue weighted by molar-refractivity contribution is -0.127. The van der Waals surface area contributed by atoms with Gasteiger partial charge in [-0.15, -0.1) is 11.8 Å². The SMILES string of the molecule is O=C(CSc1ccccc1C(=O)N1CCN(CCOc2ccc(Cl)cc2)CC1)N1CCCC1. The van der Waals surface area contributed by atoms with Crippen LogP contribution in [0.4, 0.5) is 0 Å². The molecule has 33 heavy (non-hydrogen) atoms. The van der Waals surface area contributed by atoms with Crippen LogP contribution in [0.5, 0.6) is 5.75 Å². The Hall–Kier alpha value is -2.22. The van der Waals surface area contributed by atoms with Gasteiger partial charge in [-0.3, -0.25) is 14.5 Å². The summed E-state index contributed by atoms with van der Waals surface area (Å²) in [7, 11) is 0. The predicted octanol–water partition coefficient (Wildman–Crippen LogP) is 3.89. The van der Waals surface area contributed by atoms with Crippen molar-refractivity contribution in [2.45, 2.75) is 17.7 Å². The van der Waals surface area contributed by atoms with Crippen molar-refractivity contribution in [3.63, 3.8) is 0 Å².